The van der Waals surface area contributed by atoms with E-state index >= 15 is 0 Å². The Hall–Kier alpha value is -0.650. The molecule has 116 valence electrons. The molecule has 21 heavy (non-hydrogen) atoms. The van der Waals surface area contributed by atoms with Gasteiger partial charge in [0.1, 0.15) is 0 Å². The molecule has 2 heterocycles. The molecule has 0 aliphatic carbocycles. The molecule has 3 nitrogen and oxygen atoms in total. The Morgan fingerprint density at radius 2 is 2.24 bits per heavy atom. The van der Waals surface area contributed by atoms with Gasteiger partial charge in [-0.3, -0.25) is 4.68 Å². The topological polar surface area (TPSA) is 29.9 Å². The van der Waals surface area contributed by atoms with Crippen LogP contribution in [-0.4, -0.2) is 16.3 Å². The van der Waals surface area contributed by atoms with Crippen molar-refractivity contribution in [3.63, 3.8) is 0 Å². The van der Waals surface area contributed by atoms with Crippen molar-refractivity contribution < 1.29 is 0 Å². The fourth-order valence-electron chi connectivity index (χ4n) is 2.61. The molecule has 0 amide bonds. The fourth-order valence-corrected chi connectivity index (χ4v) is 3.91. The second-order valence-corrected chi connectivity index (χ2v) is 7.38. The second kappa shape index (κ2) is 8.11. The van der Waals surface area contributed by atoms with Crippen LogP contribution in [0.1, 0.15) is 56.3 Å². The third-order valence-corrected chi connectivity index (χ3v) is 5.10. The zero-order valence-corrected chi connectivity index (χ0v) is 15.4. The van der Waals surface area contributed by atoms with Crippen LogP contribution in [0.4, 0.5) is 0 Å². The van der Waals surface area contributed by atoms with Crippen LogP contribution in [0.15, 0.2) is 28.2 Å². The number of nitrogens with one attached hydrogen (secondary N) is 1. The number of thiophene rings is 1. The third kappa shape index (κ3) is 4.41. The highest BCUT2D eigenvalue weighted by molar-refractivity contribution is 9.10. The van der Waals surface area contributed by atoms with E-state index in [0.29, 0.717) is 12.1 Å². The molecule has 0 saturated heterocycles. The highest BCUT2D eigenvalue weighted by Gasteiger charge is 2.20. The van der Waals surface area contributed by atoms with E-state index in [2.05, 4.69) is 69.3 Å². The van der Waals surface area contributed by atoms with Crippen molar-refractivity contribution in [1.82, 2.24) is 15.1 Å². The first-order valence-corrected chi connectivity index (χ1v) is 9.29. The minimum absolute atomic E-state index is 0.356. The van der Waals surface area contributed by atoms with Crippen molar-refractivity contribution in [2.45, 2.75) is 52.1 Å². The molecule has 0 aliphatic heterocycles. The lowest BCUT2D eigenvalue weighted by Crippen LogP contribution is -2.25. The molecular formula is C16H24BrN3S. The predicted octanol–water partition coefficient (Wildman–Crippen LogP) is 4.96. The highest BCUT2D eigenvalue weighted by Crippen LogP contribution is 2.29. The lowest BCUT2D eigenvalue weighted by molar-refractivity contribution is 0.425. The molecular weight excluding hydrogens is 346 g/mol. The fraction of sp³-hybridized carbons (Fsp3) is 0.562. The Balaban J connectivity index is 2.06. The van der Waals surface area contributed by atoms with Crippen LogP contribution in [0.5, 0.6) is 0 Å². The summed E-state index contributed by atoms with van der Waals surface area (Å²) in [4.78, 5) is 1.47. The summed E-state index contributed by atoms with van der Waals surface area (Å²) in [6.45, 7) is 7.49. The summed E-state index contributed by atoms with van der Waals surface area (Å²) in [6, 6.07) is 5.09. The quantitative estimate of drug-likeness (QED) is 0.712. The minimum Gasteiger partial charge on any atom is -0.309 e. The van der Waals surface area contributed by atoms with Gasteiger partial charge in [0.05, 0.1) is 22.4 Å². The molecule has 1 atom stereocenters. The molecule has 0 spiro atoms. The zero-order chi connectivity index (χ0) is 15.2. The SMILES string of the molecule is CCNC(CCCc1cccs1)c1c(Br)cnn1C(C)C. The van der Waals surface area contributed by atoms with Gasteiger partial charge >= 0.3 is 0 Å². The molecule has 0 saturated carbocycles. The standard InChI is InChI=1S/C16H24BrN3S/c1-4-18-15(9-5-7-13-8-6-10-21-13)16-14(17)11-19-20(16)12(2)3/h6,8,10-12,15,18H,4-5,7,9H2,1-3H3. The molecule has 0 aliphatic rings. The number of rotatable bonds is 8. The van der Waals surface area contributed by atoms with Crippen LogP contribution in [0.25, 0.3) is 0 Å². The summed E-state index contributed by atoms with van der Waals surface area (Å²) in [5.74, 6) is 0. The highest BCUT2D eigenvalue weighted by atomic mass is 79.9. The molecule has 0 radical (unpaired) electrons. The van der Waals surface area contributed by atoms with E-state index in [1.165, 1.54) is 17.0 Å². The van der Waals surface area contributed by atoms with E-state index in [0.717, 1.165) is 23.9 Å². The summed E-state index contributed by atoms with van der Waals surface area (Å²) >= 11 is 5.51. The van der Waals surface area contributed by atoms with E-state index in [9.17, 15) is 0 Å². The first-order chi connectivity index (χ1) is 10.1. The molecule has 2 aromatic rings. The Kier molecular flexibility index (Phi) is 6.45. The van der Waals surface area contributed by atoms with Gasteiger partial charge in [-0.1, -0.05) is 13.0 Å². The molecule has 0 fully saturated rings. The van der Waals surface area contributed by atoms with Gasteiger partial charge in [0.25, 0.3) is 0 Å². The van der Waals surface area contributed by atoms with E-state index < -0.39 is 0 Å². The Morgan fingerprint density at radius 3 is 2.86 bits per heavy atom. The van der Waals surface area contributed by atoms with Gasteiger partial charge in [-0.2, -0.15) is 5.10 Å². The van der Waals surface area contributed by atoms with Gasteiger partial charge in [-0.05, 0) is 67.0 Å². The first-order valence-electron chi connectivity index (χ1n) is 7.62. The van der Waals surface area contributed by atoms with Crippen molar-refractivity contribution in [3.8, 4) is 0 Å². The van der Waals surface area contributed by atoms with Crippen molar-refractivity contribution in [1.29, 1.82) is 0 Å². The van der Waals surface area contributed by atoms with E-state index in [-0.39, 0.29) is 0 Å². The van der Waals surface area contributed by atoms with Crippen LogP contribution in [0.2, 0.25) is 0 Å². The number of nitrogens with zero attached hydrogens (tertiary/aromatic N) is 2. The van der Waals surface area contributed by atoms with Crippen LogP contribution >= 0.6 is 27.3 Å². The molecule has 5 heteroatoms. The maximum absolute atomic E-state index is 4.51. The Bertz CT molecular complexity index is 534. The number of aromatic nitrogens is 2. The normalized spacial score (nSPS) is 13.0. The molecule has 1 unspecified atom stereocenters. The van der Waals surface area contributed by atoms with Crippen LogP contribution < -0.4 is 5.32 Å². The molecule has 1 N–H and O–H groups in total. The summed E-state index contributed by atoms with van der Waals surface area (Å²) in [5, 5.41) is 10.3. The van der Waals surface area contributed by atoms with Crippen molar-refractivity contribution in [2.24, 2.45) is 0 Å². The lowest BCUT2D eigenvalue weighted by atomic mass is 10.1. The van der Waals surface area contributed by atoms with E-state index in [4.69, 9.17) is 0 Å². The average Bonchev–Trinajstić information content (AvgIpc) is 3.07. The van der Waals surface area contributed by atoms with Crippen molar-refractivity contribution in [3.05, 3.63) is 38.8 Å². The number of hydrogen-bond acceptors (Lipinski definition) is 3. The largest absolute Gasteiger partial charge is 0.309 e. The molecule has 0 bridgehead atoms. The van der Waals surface area contributed by atoms with Gasteiger partial charge in [0.15, 0.2) is 0 Å². The van der Waals surface area contributed by atoms with Gasteiger partial charge in [-0.15, -0.1) is 11.3 Å². The lowest BCUT2D eigenvalue weighted by Gasteiger charge is -2.22. The van der Waals surface area contributed by atoms with Gasteiger partial charge in [-0.25, -0.2) is 0 Å². The summed E-state index contributed by atoms with van der Waals surface area (Å²) in [5.41, 5.74) is 1.28. The Morgan fingerprint density at radius 1 is 1.43 bits per heavy atom. The van der Waals surface area contributed by atoms with E-state index in [1.54, 1.807) is 0 Å². The maximum Gasteiger partial charge on any atom is 0.0698 e. The molecule has 2 rings (SSSR count). The van der Waals surface area contributed by atoms with Crippen molar-refractivity contribution in [2.75, 3.05) is 6.54 Å². The second-order valence-electron chi connectivity index (χ2n) is 5.50. The maximum atomic E-state index is 4.51. The predicted molar refractivity (Wildman–Crippen MR) is 94.0 cm³/mol. The minimum atomic E-state index is 0.356. The summed E-state index contributed by atoms with van der Waals surface area (Å²) in [7, 11) is 0. The van der Waals surface area contributed by atoms with Gasteiger partial charge in [0.2, 0.25) is 0 Å². The van der Waals surface area contributed by atoms with Crippen molar-refractivity contribution >= 4 is 27.3 Å². The average molecular weight is 370 g/mol. The zero-order valence-electron chi connectivity index (χ0n) is 13.0. The molecule has 0 aromatic carbocycles. The molecule has 2 aromatic heterocycles. The summed E-state index contributed by atoms with van der Waals surface area (Å²) < 4.78 is 3.24. The third-order valence-electron chi connectivity index (χ3n) is 3.55. The Labute approximate surface area is 139 Å². The first kappa shape index (κ1) is 16.7. The van der Waals surface area contributed by atoms with Gasteiger partial charge < -0.3 is 5.32 Å². The van der Waals surface area contributed by atoms with Gasteiger partial charge in [0, 0.05) is 10.9 Å². The van der Waals surface area contributed by atoms with Crippen LogP contribution in [0.3, 0.4) is 0 Å². The van der Waals surface area contributed by atoms with Crippen LogP contribution in [-0.2, 0) is 6.42 Å². The monoisotopic (exact) mass is 369 g/mol. The smallest absolute Gasteiger partial charge is 0.0698 e. The summed E-state index contributed by atoms with van der Waals surface area (Å²) in [6.07, 6.45) is 5.39. The number of halogens is 1. The number of hydrogen-bond donors (Lipinski definition) is 1. The number of aryl methyl sites for hydroxylation is 1. The van der Waals surface area contributed by atoms with Crippen LogP contribution in [0, 0.1) is 0 Å². The van der Waals surface area contributed by atoms with E-state index in [1.807, 2.05) is 17.5 Å².